The second-order valence-electron chi connectivity index (χ2n) is 3.48. The number of hydrogen-bond acceptors (Lipinski definition) is 7. The van der Waals surface area contributed by atoms with Gasteiger partial charge in [0, 0.05) is 6.42 Å². The van der Waals surface area contributed by atoms with E-state index in [1.165, 1.54) is 11.3 Å². The number of nitrogens with zero attached hydrogens (tertiary/aromatic N) is 2. The molecule has 8 heteroatoms. The SMILES string of the molecule is N=C(N)SC(=N)CCCCCc1nnc(N)s1. The van der Waals surface area contributed by atoms with Crippen LogP contribution >= 0.6 is 23.1 Å². The van der Waals surface area contributed by atoms with Gasteiger partial charge in [0.15, 0.2) is 5.17 Å². The van der Waals surface area contributed by atoms with E-state index in [4.69, 9.17) is 22.3 Å². The third kappa shape index (κ3) is 6.22. The van der Waals surface area contributed by atoms with Crippen molar-refractivity contribution in [1.82, 2.24) is 10.2 Å². The van der Waals surface area contributed by atoms with Crippen LogP contribution in [-0.2, 0) is 6.42 Å². The van der Waals surface area contributed by atoms with Crippen molar-refractivity contribution >= 4 is 38.4 Å². The molecule has 0 spiro atoms. The summed E-state index contributed by atoms with van der Waals surface area (Å²) in [6.07, 6.45) is 4.56. The Kier molecular flexibility index (Phi) is 5.92. The zero-order chi connectivity index (χ0) is 12.7. The fraction of sp³-hybridized carbons (Fsp3) is 0.556. The van der Waals surface area contributed by atoms with Gasteiger partial charge in [-0.1, -0.05) is 17.8 Å². The number of amidine groups is 1. The van der Waals surface area contributed by atoms with Gasteiger partial charge in [-0.3, -0.25) is 10.8 Å². The summed E-state index contributed by atoms with van der Waals surface area (Å²) in [6.45, 7) is 0. The van der Waals surface area contributed by atoms with E-state index in [1.807, 2.05) is 0 Å². The van der Waals surface area contributed by atoms with Crippen LogP contribution in [0.2, 0.25) is 0 Å². The summed E-state index contributed by atoms with van der Waals surface area (Å²) in [5.74, 6) is 0. The van der Waals surface area contributed by atoms with Gasteiger partial charge in [0.25, 0.3) is 0 Å². The zero-order valence-electron chi connectivity index (χ0n) is 9.40. The first-order chi connectivity index (χ1) is 8.08. The van der Waals surface area contributed by atoms with Crippen molar-refractivity contribution in [2.45, 2.75) is 32.1 Å². The van der Waals surface area contributed by atoms with E-state index in [0.717, 1.165) is 42.5 Å². The summed E-state index contributed by atoms with van der Waals surface area (Å²) >= 11 is 2.44. The maximum atomic E-state index is 7.53. The number of aryl methyl sites for hydroxylation is 1. The summed E-state index contributed by atoms with van der Waals surface area (Å²) in [4.78, 5) is 0. The molecule has 0 saturated heterocycles. The highest BCUT2D eigenvalue weighted by Crippen LogP contribution is 2.15. The Hall–Kier alpha value is -1.15. The molecule has 1 aromatic heterocycles. The summed E-state index contributed by atoms with van der Waals surface area (Å²) in [5, 5.41) is 24.2. The van der Waals surface area contributed by atoms with Gasteiger partial charge in [0.1, 0.15) is 5.01 Å². The number of anilines is 1. The molecule has 0 atom stereocenters. The minimum absolute atomic E-state index is 0.0145. The van der Waals surface area contributed by atoms with Crippen molar-refractivity contribution in [3.8, 4) is 0 Å². The molecule has 0 unspecified atom stereocenters. The number of aromatic nitrogens is 2. The molecule has 1 heterocycles. The average molecular weight is 272 g/mol. The Morgan fingerprint density at radius 3 is 2.59 bits per heavy atom. The van der Waals surface area contributed by atoms with E-state index in [1.54, 1.807) is 0 Å². The van der Waals surface area contributed by atoms with Gasteiger partial charge in [0.05, 0.1) is 5.04 Å². The van der Waals surface area contributed by atoms with Gasteiger partial charge in [0.2, 0.25) is 5.13 Å². The van der Waals surface area contributed by atoms with Gasteiger partial charge < -0.3 is 11.5 Å². The highest BCUT2D eigenvalue weighted by atomic mass is 32.2. The molecule has 0 aliphatic carbocycles. The van der Waals surface area contributed by atoms with Crippen molar-refractivity contribution in [2.24, 2.45) is 5.73 Å². The lowest BCUT2D eigenvalue weighted by atomic mass is 10.1. The summed E-state index contributed by atoms with van der Waals surface area (Å²) in [6, 6.07) is 0. The molecule has 17 heavy (non-hydrogen) atoms. The minimum Gasteiger partial charge on any atom is -0.378 e. The maximum absolute atomic E-state index is 7.53. The van der Waals surface area contributed by atoms with E-state index < -0.39 is 0 Å². The van der Waals surface area contributed by atoms with Crippen molar-refractivity contribution in [3.63, 3.8) is 0 Å². The minimum atomic E-state index is -0.0145. The Labute approximate surface area is 108 Å². The van der Waals surface area contributed by atoms with Gasteiger partial charge in [-0.25, -0.2) is 0 Å². The molecule has 0 aliphatic rings. The number of rotatable bonds is 6. The van der Waals surface area contributed by atoms with Crippen LogP contribution in [0.5, 0.6) is 0 Å². The summed E-state index contributed by atoms with van der Waals surface area (Å²) in [5.41, 5.74) is 10.7. The Balaban J connectivity index is 2.05. The predicted molar refractivity (Wildman–Crippen MR) is 73.7 cm³/mol. The van der Waals surface area contributed by atoms with Crippen LogP contribution in [0.15, 0.2) is 0 Å². The lowest BCUT2D eigenvalue weighted by Gasteiger charge is -2.01. The Morgan fingerprint density at radius 1 is 1.24 bits per heavy atom. The lowest BCUT2D eigenvalue weighted by Crippen LogP contribution is -2.07. The third-order valence-electron chi connectivity index (χ3n) is 2.01. The maximum Gasteiger partial charge on any atom is 0.203 e. The van der Waals surface area contributed by atoms with Gasteiger partial charge in [-0.2, -0.15) is 0 Å². The fourth-order valence-electron chi connectivity index (χ4n) is 1.29. The summed E-state index contributed by atoms with van der Waals surface area (Å²) < 4.78 is 0. The quantitative estimate of drug-likeness (QED) is 0.357. The normalized spacial score (nSPS) is 10.4. The molecule has 0 amide bonds. The van der Waals surface area contributed by atoms with Crippen LogP contribution in [0.4, 0.5) is 5.13 Å². The molecule has 0 bridgehead atoms. The number of hydrogen-bond donors (Lipinski definition) is 4. The number of thioether (sulfide) groups is 1. The van der Waals surface area contributed by atoms with E-state index >= 15 is 0 Å². The van der Waals surface area contributed by atoms with Crippen molar-refractivity contribution in [3.05, 3.63) is 5.01 Å². The van der Waals surface area contributed by atoms with E-state index in [2.05, 4.69) is 10.2 Å². The first-order valence-corrected chi connectivity index (χ1v) is 6.88. The second-order valence-corrected chi connectivity index (χ2v) is 5.71. The number of nitrogens with one attached hydrogen (secondary N) is 2. The molecular weight excluding hydrogens is 256 g/mol. The first kappa shape index (κ1) is 13.9. The summed E-state index contributed by atoms with van der Waals surface area (Å²) in [7, 11) is 0. The Bertz CT molecular complexity index is 389. The van der Waals surface area contributed by atoms with Gasteiger partial charge >= 0.3 is 0 Å². The number of nitrogen functional groups attached to an aromatic ring is 1. The molecule has 0 radical (unpaired) electrons. The van der Waals surface area contributed by atoms with Crippen LogP contribution in [0.3, 0.4) is 0 Å². The van der Waals surface area contributed by atoms with Crippen LogP contribution in [0.1, 0.15) is 30.7 Å². The fourth-order valence-corrected chi connectivity index (χ4v) is 2.45. The molecule has 0 aromatic carbocycles. The number of unbranched alkanes of at least 4 members (excludes halogenated alkanes) is 2. The van der Waals surface area contributed by atoms with Crippen molar-refractivity contribution in [1.29, 1.82) is 10.8 Å². The lowest BCUT2D eigenvalue weighted by molar-refractivity contribution is 0.692. The molecule has 6 N–H and O–H groups in total. The van der Waals surface area contributed by atoms with Crippen molar-refractivity contribution < 1.29 is 0 Å². The highest BCUT2D eigenvalue weighted by molar-refractivity contribution is 8.26. The smallest absolute Gasteiger partial charge is 0.203 e. The molecule has 94 valence electrons. The van der Waals surface area contributed by atoms with Crippen LogP contribution in [0.25, 0.3) is 0 Å². The van der Waals surface area contributed by atoms with Crippen LogP contribution in [0, 0.1) is 10.8 Å². The molecular formula is C9H16N6S2. The van der Waals surface area contributed by atoms with E-state index in [-0.39, 0.29) is 5.17 Å². The first-order valence-electron chi connectivity index (χ1n) is 5.25. The van der Waals surface area contributed by atoms with Gasteiger partial charge in [-0.05, 0) is 31.0 Å². The van der Waals surface area contributed by atoms with Crippen molar-refractivity contribution in [2.75, 3.05) is 5.73 Å². The molecule has 1 rings (SSSR count). The predicted octanol–water partition coefficient (Wildman–Crippen LogP) is 1.83. The van der Waals surface area contributed by atoms with E-state index in [9.17, 15) is 0 Å². The average Bonchev–Trinajstić information content (AvgIpc) is 2.62. The standard InChI is InChI=1S/C9H16N6S2/c10-6(16-8(11)12)4-2-1-3-5-7-14-15-9(13)17-7/h10H,1-5H2,(H3,11,12)(H2,13,15). The molecule has 1 aromatic rings. The Morgan fingerprint density at radius 2 is 2.00 bits per heavy atom. The number of nitrogens with two attached hydrogens (primary N) is 2. The second kappa shape index (κ2) is 7.23. The molecule has 0 saturated carbocycles. The highest BCUT2D eigenvalue weighted by Gasteiger charge is 2.02. The van der Waals surface area contributed by atoms with Crippen LogP contribution < -0.4 is 11.5 Å². The molecule has 6 nitrogen and oxygen atoms in total. The third-order valence-corrected chi connectivity index (χ3v) is 3.49. The monoisotopic (exact) mass is 272 g/mol. The zero-order valence-corrected chi connectivity index (χ0v) is 11.0. The molecule has 0 aliphatic heterocycles. The largest absolute Gasteiger partial charge is 0.378 e. The van der Waals surface area contributed by atoms with E-state index in [0.29, 0.717) is 16.6 Å². The van der Waals surface area contributed by atoms with Gasteiger partial charge in [-0.15, -0.1) is 10.2 Å². The molecule has 0 fully saturated rings. The topological polar surface area (TPSA) is 126 Å². The van der Waals surface area contributed by atoms with Crippen LogP contribution in [-0.4, -0.2) is 20.4 Å².